The van der Waals surface area contributed by atoms with Crippen LogP contribution in [-0.4, -0.2) is 22.4 Å². The normalized spacial score (nSPS) is 19.3. The van der Waals surface area contributed by atoms with Crippen LogP contribution in [0, 0.1) is 11.3 Å². The topological polar surface area (TPSA) is 29.9 Å². The van der Waals surface area contributed by atoms with Crippen molar-refractivity contribution in [3.63, 3.8) is 0 Å². The van der Waals surface area contributed by atoms with E-state index < -0.39 is 0 Å². The molecule has 1 N–H and O–H groups in total. The first-order valence-corrected chi connectivity index (χ1v) is 8.76. The summed E-state index contributed by atoms with van der Waals surface area (Å²) < 4.78 is 1.91. The van der Waals surface area contributed by atoms with Crippen LogP contribution in [0.5, 0.6) is 0 Å². The van der Waals surface area contributed by atoms with Gasteiger partial charge in [0.15, 0.2) is 0 Å². The number of aryl methyl sites for hydroxylation is 2. The molecule has 1 saturated carbocycles. The Hall–Kier alpha value is -0.830. The van der Waals surface area contributed by atoms with Gasteiger partial charge in [-0.2, -0.15) is 5.10 Å². The summed E-state index contributed by atoms with van der Waals surface area (Å²) in [6, 6.07) is 0.660. The van der Waals surface area contributed by atoms with Crippen LogP contribution >= 0.6 is 0 Å². The summed E-state index contributed by atoms with van der Waals surface area (Å²) in [5.41, 5.74) is 1.91. The highest BCUT2D eigenvalue weighted by atomic mass is 15.2. The third-order valence-electron chi connectivity index (χ3n) is 5.08. The van der Waals surface area contributed by atoms with Gasteiger partial charge in [0, 0.05) is 19.3 Å². The van der Waals surface area contributed by atoms with Crippen molar-refractivity contribution in [1.29, 1.82) is 0 Å². The van der Waals surface area contributed by atoms with Crippen LogP contribution in [0.3, 0.4) is 0 Å². The molecular formula is C18H33N3. The fourth-order valence-electron chi connectivity index (χ4n) is 4.37. The summed E-state index contributed by atoms with van der Waals surface area (Å²) in [6.45, 7) is 8.08. The van der Waals surface area contributed by atoms with Crippen molar-refractivity contribution < 1.29 is 0 Å². The molecule has 1 unspecified atom stereocenters. The van der Waals surface area contributed by atoms with Crippen LogP contribution < -0.4 is 5.32 Å². The lowest BCUT2D eigenvalue weighted by Gasteiger charge is -2.40. The molecule has 120 valence electrons. The lowest BCUT2D eigenvalue weighted by atomic mass is 9.71. The fourth-order valence-corrected chi connectivity index (χ4v) is 4.37. The molecule has 0 spiro atoms. The van der Waals surface area contributed by atoms with E-state index in [1.165, 1.54) is 44.1 Å². The Morgan fingerprint density at radius 2 is 2.05 bits per heavy atom. The van der Waals surface area contributed by atoms with E-state index >= 15 is 0 Å². The third kappa shape index (κ3) is 4.32. The van der Waals surface area contributed by atoms with Crippen molar-refractivity contribution in [2.75, 3.05) is 6.54 Å². The van der Waals surface area contributed by atoms with Gasteiger partial charge in [-0.3, -0.25) is 4.68 Å². The van der Waals surface area contributed by atoms with Crippen molar-refractivity contribution in [2.45, 2.75) is 71.8 Å². The summed E-state index contributed by atoms with van der Waals surface area (Å²) in [6.07, 6.45) is 13.6. The molecule has 1 aromatic heterocycles. The Kier molecular flexibility index (Phi) is 5.86. The second kappa shape index (κ2) is 7.44. The van der Waals surface area contributed by atoms with Gasteiger partial charge in [0.1, 0.15) is 0 Å². The second-order valence-corrected chi connectivity index (χ2v) is 7.34. The smallest absolute Gasteiger partial charge is 0.0521 e. The molecule has 1 aliphatic carbocycles. The van der Waals surface area contributed by atoms with Gasteiger partial charge in [0.2, 0.25) is 0 Å². The van der Waals surface area contributed by atoms with Crippen molar-refractivity contribution in [3.8, 4) is 0 Å². The zero-order valence-corrected chi connectivity index (χ0v) is 14.4. The van der Waals surface area contributed by atoms with Crippen molar-refractivity contribution in [2.24, 2.45) is 18.4 Å². The average molecular weight is 291 g/mol. The molecule has 21 heavy (non-hydrogen) atoms. The fraction of sp³-hybridized carbons (Fsp3) is 0.833. The monoisotopic (exact) mass is 291 g/mol. The number of hydrogen-bond donors (Lipinski definition) is 1. The lowest BCUT2D eigenvalue weighted by molar-refractivity contribution is 0.149. The zero-order chi connectivity index (χ0) is 15.3. The first-order valence-electron chi connectivity index (χ1n) is 8.76. The molecule has 1 aliphatic rings. The summed E-state index contributed by atoms with van der Waals surface area (Å²) >= 11 is 0. The Morgan fingerprint density at radius 1 is 1.33 bits per heavy atom. The van der Waals surface area contributed by atoms with E-state index in [4.69, 9.17) is 0 Å². The molecule has 1 aromatic rings. The van der Waals surface area contributed by atoms with Crippen LogP contribution in [0.1, 0.15) is 64.9 Å². The maximum Gasteiger partial charge on any atom is 0.0521 e. The molecule has 1 atom stereocenters. The minimum absolute atomic E-state index is 0.534. The van der Waals surface area contributed by atoms with Crippen molar-refractivity contribution >= 4 is 0 Å². The van der Waals surface area contributed by atoms with Gasteiger partial charge in [-0.15, -0.1) is 0 Å². The zero-order valence-electron chi connectivity index (χ0n) is 14.4. The molecule has 0 radical (unpaired) electrons. The number of nitrogens with zero attached hydrogens (tertiary/aromatic N) is 2. The molecule has 0 bridgehead atoms. The largest absolute Gasteiger partial charge is 0.314 e. The first kappa shape index (κ1) is 16.5. The van der Waals surface area contributed by atoms with Gasteiger partial charge in [0.05, 0.1) is 6.20 Å². The SMILES string of the molecule is CCNC(CCc1cnn(C)c1)C1(CC(C)C)CCCC1. The molecule has 1 heterocycles. The van der Waals surface area contributed by atoms with Gasteiger partial charge in [-0.1, -0.05) is 33.6 Å². The Labute approximate surface area is 130 Å². The minimum Gasteiger partial charge on any atom is -0.314 e. The van der Waals surface area contributed by atoms with Crippen LogP contribution in [0.15, 0.2) is 12.4 Å². The van der Waals surface area contributed by atoms with E-state index in [-0.39, 0.29) is 0 Å². The first-order chi connectivity index (χ1) is 10.1. The Balaban J connectivity index is 2.04. The van der Waals surface area contributed by atoms with Gasteiger partial charge >= 0.3 is 0 Å². The van der Waals surface area contributed by atoms with E-state index in [0.29, 0.717) is 11.5 Å². The minimum atomic E-state index is 0.534. The number of aromatic nitrogens is 2. The number of hydrogen-bond acceptors (Lipinski definition) is 2. The summed E-state index contributed by atoms with van der Waals surface area (Å²) in [5, 5.41) is 8.12. The van der Waals surface area contributed by atoms with Gasteiger partial charge in [0.25, 0.3) is 0 Å². The highest BCUT2D eigenvalue weighted by Gasteiger charge is 2.40. The Morgan fingerprint density at radius 3 is 2.57 bits per heavy atom. The molecule has 3 heteroatoms. The predicted molar refractivity (Wildman–Crippen MR) is 89.3 cm³/mol. The molecule has 0 aliphatic heterocycles. The standard InChI is InChI=1S/C18H33N3/c1-5-19-17(9-8-16-13-20-21(4)14-16)18(12-15(2)3)10-6-7-11-18/h13-15,17,19H,5-12H2,1-4H3. The number of rotatable bonds is 8. The Bertz CT molecular complexity index is 416. The van der Waals surface area contributed by atoms with E-state index in [1.54, 1.807) is 0 Å². The van der Waals surface area contributed by atoms with Gasteiger partial charge in [-0.25, -0.2) is 0 Å². The van der Waals surface area contributed by atoms with E-state index in [2.05, 4.69) is 37.4 Å². The second-order valence-electron chi connectivity index (χ2n) is 7.34. The number of nitrogens with one attached hydrogen (secondary N) is 1. The van der Waals surface area contributed by atoms with E-state index in [0.717, 1.165) is 18.9 Å². The van der Waals surface area contributed by atoms with Crippen LogP contribution in [0.25, 0.3) is 0 Å². The lowest BCUT2D eigenvalue weighted by Crippen LogP contribution is -2.45. The predicted octanol–water partition coefficient (Wildman–Crippen LogP) is 3.94. The summed E-state index contributed by atoms with van der Waals surface area (Å²) in [5.74, 6) is 0.794. The molecule has 0 saturated heterocycles. The van der Waals surface area contributed by atoms with E-state index in [9.17, 15) is 0 Å². The van der Waals surface area contributed by atoms with Crippen molar-refractivity contribution in [1.82, 2.24) is 15.1 Å². The quantitative estimate of drug-likeness (QED) is 0.786. The van der Waals surface area contributed by atoms with Crippen LogP contribution in [0.2, 0.25) is 0 Å². The molecule has 0 amide bonds. The summed E-state index contributed by atoms with van der Waals surface area (Å²) in [4.78, 5) is 0. The molecule has 3 nitrogen and oxygen atoms in total. The molecular weight excluding hydrogens is 258 g/mol. The highest BCUT2D eigenvalue weighted by Crippen LogP contribution is 2.47. The van der Waals surface area contributed by atoms with Gasteiger partial charge < -0.3 is 5.32 Å². The maximum absolute atomic E-state index is 4.30. The van der Waals surface area contributed by atoms with E-state index in [1.807, 2.05) is 17.9 Å². The molecule has 0 aromatic carbocycles. The molecule has 1 fully saturated rings. The van der Waals surface area contributed by atoms with Crippen LogP contribution in [0.4, 0.5) is 0 Å². The maximum atomic E-state index is 4.30. The van der Waals surface area contributed by atoms with Gasteiger partial charge in [-0.05, 0) is 55.5 Å². The highest BCUT2D eigenvalue weighted by molar-refractivity contribution is 5.05. The van der Waals surface area contributed by atoms with Crippen LogP contribution in [-0.2, 0) is 13.5 Å². The average Bonchev–Trinajstić information content (AvgIpc) is 3.04. The van der Waals surface area contributed by atoms with Crippen molar-refractivity contribution in [3.05, 3.63) is 18.0 Å². The molecule has 2 rings (SSSR count). The summed E-state index contributed by atoms with van der Waals surface area (Å²) in [7, 11) is 2.00. The third-order valence-corrected chi connectivity index (χ3v) is 5.08.